The number of hydrogen-bond acceptors (Lipinski definition) is 0. The first-order chi connectivity index (χ1) is 18.9. The van der Waals surface area contributed by atoms with Crippen LogP contribution in [0.2, 0.25) is 0 Å². The Balaban J connectivity index is 1.65. The van der Waals surface area contributed by atoms with Crippen LogP contribution >= 0.6 is 0 Å². The molecular formula is C38H26. The molecule has 0 aromatic heterocycles. The molecule has 7 rings (SSSR count). The lowest BCUT2D eigenvalue weighted by Crippen LogP contribution is -1.93. The molecule has 0 aliphatic rings. The summed E-state index contributed by atoms with van der Waals surface area (Å²) >= 11 is 0. The first-order valence-corrected chi connectivity index (χ1v) is 13.1. The summed E-state index contributed by atoms with van der Waals surface area (Å²) in [6.07, 6.45) is 0. The molecule has 0 unspecified atom stereocenters. The maximum atomic E-state index is 2.39. The first-order valence-electron chi connectivity index (χ1n) is 13.1. The second-order valence-corrected chi connectivity index (χ2v) is 9.70. The van der Waals surface area contributed by atoms with E-state index in [1.54, 1.807) is 0 Å². The van der Waals surface area contributed by atoms with Gasteiger partial charge in [0.25, 0.3) is 0 Å². The van der Waals surface area contributed by atoms with Gasteiger partial charge in [0.1, 0.15) is 0 Å². The summed E-state index contributed by atoms with van der Waals surface area (Å²) in [7, 11) is 0. The van der Waals surface area contributed by atoms with E-state index in [1.165, 1.54) is 66.1 Å². The average Bonchev–Trinajstić information content (AvgIpc) is 3.01. The fourth-order valence-electron chi connectivity index (χ4n) is 5.77. The second kappa shape index (κ2) is 9.50. The molecule has 0 bridgehead atoms. The van der Waals surface area contributed by atoms with E-state index in [0.717, 1.165) is 0 Å². The fourth-order valence-corrected chi connectivity index (χ4v) is 5.77. The number of rotatable bonds is 4. The van der Waals surface area contributed by atoms with Crippen LogP contribution in [0, 0.1) is 0 Å². The topological polar surface area (TPSA) is 0 Å². The lowest BCUT2D eigenvalue weighted by molar-refractivity contribution is 1.60. The standard InChI is InChI=1S/C38H26/c1-4-14-27(15-5-1)30-24-25-35-36(26-30)38(32-21-11-10-20-31(32)28-16-6-2-7-17-28)34-23-13-12-22-33(34)37(35)29-18-8-3-9-19-29/h1-26H. The van der Waals surface area contributed by atoms with E-state index in [1.807, 2.05) is 0 Å². The highest BCUT2D eigenvalue weighted by molar-refractivity contribution is 6.22. The molecule has 0 atom stereocenters. The predicted molar refractivity (Wildman–Crippen MR) is 163 cm³/mol. The van der Waals surface area contributed by atoms with Gasteiger partial charge in [-0.05, 0) is 72.1 Å². The lowest BCUT2D eigenvalue weighted by Gasteiger charge is -2.20. The molecular weight excluding hydrogens is 456 g/mol. The molecule has 0 spiro atoms. The van der Waals surface area contributed by atoms with Crippen LogP contribution in [0.3, 0.4) is 0 Å². The summed E-state index contributed by atoms with van der Waals surface area (Å²) in [5.41, 5.74) is 10.00. The predicted octanol–water partition coefficient (Wildman–Crippen LogP) is 10.7. The van der Waals surface area contributed by atoms with Crippen LogP contribution in [0.4, 0.5) is 0 Å². The van der Waals surface area contributed by atoms with Crippen molar-refractivity contribution in [3.63, 3.8) is 0 Å². The Morgan fingerprint density at radius 1 is 0.237 bits per heavy atom. The van der Waals surface area contributed by atoms with Gasteiger partial charge >= 0.3 is 0 Å². The summed E-state index contributed by atoms with van der Waals surface area (Å²) in [6.45, 7) is 0. The van der Waals surface area contributed by atoms with Crippen molar-refractivity contribution in [3.05, 3.63) is 158 Å². The van der Waals surface area contributed by atoms with Crippen LogP contribution in [0.15, 0.2) is 158 Å². The van der Waals surface area contributed by atoms with Gasteiger partial charge in [-0.3, -0.25) is 0 Å². The SMILES string of the molecule is c1ccc(-c2ccc3c(-c4ccccc4)c4ccccc4c(-c4ccccc4-c4ccccc4)c3c2)cc1. The van der Waals surface area contributed by atoms with Crippen molar-refractivity contribution in [3.8, 4) is 44.5 Å². The Bertz CT molecular complexity index is 1880. The van der Waals surface area contributed by atoms with Crippen molar-refractivity contribution in [1.82, 2.24) is 0 Å². The average molecular weight is 483 g/mol. The Hall–Kier alpha value is -4.94. The van der Waals surface area contributed by atoms with Gasteiger partial charge < -0.3 is 0 Å². The van der Waals surface area contributed by atoms with Gasteiger partial charge in [0, 0.05) is 0 Å². The number of fused-ring (bicyclic) bond motifs is 2. The Labute approximate surface area is 223 Å². The van der Waals surface area contributed by atoms with Crippen LogP contribution in [0.25, 0.3) is 66.1 Å². The molecule has 178 valence electrons. The minimum atomic E-state index is 1.23. The van der Waals surface area contributed by atoms with Gasteiger partial charge in [0.05, 0.1) is 0 Å². The van der Waals surface area contributed by atoms with Gasteiger partial charge in [-0.25, -0.2) is 0 Å². The van der Waals surface area contributed by atoms with E-state index in [4.69, 9.17) is 0 Å². The molecule has 0 N–H and O–H groups in total. The molecule has 0 saturated heterocycles. The molecule has 0 nitrogen and oxygen atoms in total. The van der Waals surface area contributed by atoms with E-state index in [9.17, 15) is 0 Å². The molecule has 7 aromatic rings. The number of benzene rings is 7. The zero-order valence-corrected chi connectivity index (χ0v) is 21.0. The molecule has 38 heavy (non-hydrogen) atoms. The van der Waals surface area contributed by atoms with E-state index < -0.39 is 0 Å². The van der Waals surface area contributed by atoms with Crippen LogP contribution < -0.4 is 0 Å². The highest BCUT2D eigenvalue weighted by Crippen LogP contribution is 2.46. The Morgan fingerprint density at radius 3 is 1.37 bits per heavy atom. The Morgan fingerprint density at radius 2 is 0.711 bits per heavy atom. The van der Waals surface area contributed by atoms with Gasteiger partial charge in [-0.15, -0.1) is 0 Å². The molecule has 0 heterocycles. The third-order valence-corrected chi connectivity index (χ3v) is 7.47. The summed E-state index contributed by atoms with van der Waals surface area (Å²) < 4.78 is 0. The van der Waals surface area contributed by atoms with Gasteiger partial charge in [0.15, 0.2) is 0 Å². The summed E-state index contributed by atoms with van der Waals surface area (Å²) in [5, 5.41) is 5.09. The maximum Gasteiger partial charge on any atom is -0.00199 e. The third kappa shape index (κ3) is 3.79. The van der Waals surface area contributed by atoms with Crippen LogP contribution in [-0.2, 0) is 0 Å². The smallest absolute Gasteiger partial charge is 0.00199 e. The third-order valence-electron chi connectivity index (χ3n) is 7.47. The highest BCUT2D eigenvalue weighted by atomic mass is 14.2. The minimum absolute atomic E-state index is 1.23. The van der Waals surface area contributed by atoms with Crippen molar-refractivity contribution in [1.29, 1.82) is 0 Å². The van der Waals surface area contributed by atoms with Crippen molar-refractivity contribution in [2.75, 3.05) is 0 Å². The summed E-state index contributed by atoms with van der Waals surface area (Å²) in [4.78, 5) is 0. The van der Waals surface area contributed by atoms with Crippen molar-refractivity contribution < 1.29 is 0 Å². The van der Waals surface area contributed by atoms with E-state index in [0.29, 0.717) is 0 Å². The quantitative estimate of drug-likeness (QED) is 0.219. The van der Waals surface area contributed by atoms with Gasteiger partial charge in [-0.2, -0.15) is 0 Å². The minimum Gasteiger partial charge on any atom is -0.0622 e. The van der Waals surface area contributed by atoms with Crippen molar-refractivity contribution in [2.24, 2.45) is 0 Å². The molecule has 7 aromatic carbocycles. The zero-order chi connectivity index (χ0) is 25.3. The van der Waals surface area contributed by atoms with E-state index >= 15 is 0 Å². The largest absolute Gasteiger partial charge is 0.0622 e. The molecule has 0 saturated carbocycles. The van der Waals surface area contributed by atoms with Crippen LogP contribution in [0.5, 0.6) is 0 Å². The van der Waals surface area contributed by atoms with Gasteiger partial charge in [0.2, 0.25) is 0 Å². The normalized spacial score (nSPS) is 11.2. The fraction of sp³-hybridized carbons (Fsp3) is 0. The first kappa shape index (κ1) is 22.3. The van der Waals surface area contributed by atoms with E-state index in [-0.39, 0.29) is 0 Å². The monoisotopic (exact) mass is 482 g/mol. The molecule has 0 heteroatoms. The van der Waals surface area contributed by atoms with Crippen LogP contribution in [0.1, 0.15) is 0 Å². The molecule has 0 amide bonds. The highest BCUT2D eigenvalue weighted by Gasteiger charge is 2.19. The van der Waals surface area contributed by atoms with E-state index in [2.05, 4.69) is 158 Å². The molecule has 0 aliphatic heterocycles. The van der Waals surface area contributed by atoms with Crippen molar-refractivity contribution >= 4 is 21.5 Å². The second-order valence-electron chi connectivity index (χ2n) is 9.70. The van der Waals surface area contributed by atoms with Crippen LogP contribution in [-0.4, -0.2) is 0 Å². The molecule has 0 radical (unpaired) electrons. The van der Waals surface area contributed by atoms with Crippen molar-refractivity contribution in [2.45, 2.75) is 0 Å². The summed E-state index contributed by atoms with van der Waals surface area (Å²) in [5.74, 6) is 0. The van der Waals surface area contributed by atoms with Gasteiger partial charge in [-0.1, -0.05) is 152 Å². The molecule has 0 fully saturated rings. The number of hydrogen-bond donors (Lipinski definition) is 0. The molecule has 0 aliphatic carbocycles. The maximum absolute atomic E-state index is 2.39. The summed E-state index contributed by atoms with van der Waals surface area (Å²) in [6, 6.07) is 56.9. The Kier molecular flexibility index (Phi) is 5.57. The lowest BCUT2D eigenvalue weighted by atomic mass is 9.83. The zero-order valence-electron chi connectivity index (χ0n) is 21.0.